The highest BCUT2D eigenvalue weighted by Gasteiger charge is 2.37. The van der Waals surface area contributed by atoms with Gasteiger partial charge in [0.15, 0.2) is 0 Å². The van der Waals surface area contributed by atoms with Crippen molar-refractivity contribution in [1.29, 1.82) is 0 Å². The van der Waals surface area contributed by atoms with Crippen molar-refractivity contribution in [1.82, 2.24) is 0 Å². The SMILES string of the molecule is C=CC[C@H](O)CC1(C[C@@H](C)OCOC)SCCCS1. The summed E-state index contributed by atoms with van der Waals surface area (Å²) in [5, 5.41) is 10.1. The van der Waals surface area contributed by atoms with E-state index in [1.54, 1.807) is 13.2 Å². The molecule has 1 fully saturated rings. The molecule has 0 aromatic rings. The molecule has 3 nitrogen and oxygen atoms in total. The molecule has 1 aliphatic heterocycles. The first-order valence-corrected chi connectivity index (χ1v) is 8.76. The Morgan fingerprint density at radius 1 is 1.37 bits per heavy atom. The summed E-state index contributed by atoms with van der Waals surface area (Å²) >= 11 is 3.95. The molecule has 0 aromatic heterocycles. The largest absolute Gasteiger partial charge is 0.393 e. The van der Waals surface area contributed by atoms with Crippen LogP contribution in [0.5, 0.6) is 0 Å². The van der Waals surface area contributed by atoms with Crippen LogP contribution < -0.4 is 0 Å². The zero-order valence-corrected chi connectivity index (χ0v) is 13.6. The molecule has 1 rings (SSSR count). The van der Waals surface area contributed by atoms with Crippen LogP contribution in [-0.4, -0.2) is 46.8 Å². The number of ether oxygens (including phenoxy) is 2. The van der Waals surface area contributed by atoms with Gasteiger partial charge in [-0.2, -0.15) is 0 Å². The highest BCUT2D eigenvalue weighted by molar-refractivity contribution is 8.18. The van der Waals surface area contributed by atoms with Crippen LogP contribution in [0.1, 0.15) is 32.6 Å². The van der Waals surface area contributed by atoms with Crippen LogP contribution in [0.2, 0.25) is 0 Å². The lowest BCUT2D eigenvalue weighted by molar-refractivity contribution is -0.0687. The molecule has 5 heteroatoms. The van der Waals surface area contributed by atoms with E-state index in [4.69, 9.17) is 9.47 Å². The summed E-state index contributed by atoms with van der Waals surface area (Å²) < 4.78 is 10.6. The molecule has 1 heterocycles. The van der Waals surface area contributed by atoms with Gasteiger partial charge in [-0.15, -0.1) is 30.1 Å². The molecule has 2 atom stereocenters. The van der Waals surface area contributed by atoms with Crippen LogP contribution in [-0.2, 0) is 9.47 Å². The van der Waals surface area contributed by atoms with E-state index in [0.717, 1.165) is 12.8 Å². The third kappa shape index (κ3) is 6.54. The molecule has 0 amide bonds. The first kappa shape index (κ1) is 17.4. The number of methoxy groups -OCH3 is 1. The van der Waals surface area contributed by atoms with Crippen molar-refractivity contribution >= 4 is 23.5 Å². The Hall–Kier alpha value is 0.320. The molecular weight excluding hydrogens is 280 g/mol. The molecule has 19 heavy (non-hydrogen) atoms. The van der Waals surface area contributed by atoms with E-state index in [9.17, 15) is 5.11 Å². The summed E-state index contributed by atoms with van der Waals surface area (Å²) in [5.41, 5.74) is 0. The maximum atomic E-state index is 10.1. The monoisotopic (exact) mass is 306 g/mol. The predicted molar refractivity (Wildman–Crippen MR) is 84.7 cm³/mol. The molecule has 1 aliphatic rings. The van der Waals surface area contributed by atoms with E-state index >= 15 is 0 Å². The van der Waals surface area contributed by atoms with Crippen molar-refractivity contribution in [2.45, 2.75) is 48.9 Å². The molecule has 0 spiro atoms. The van der Waals surface area contributed by atoms with Crippen molar-refractivity contribution in [3.05, 3.63) is 12.7 Å². The van der Waals surface area contributed by atoms with Gasteiger partial charge in [0.25, 0.3) is 0 Å². The van der Waals surface area contributed by atoms with Gasteiger partial charge in [0.1, 0.15) is 6.79 Å². The minimum atomic E-state index is -0.301. The number of hydrogen-bond acceptors (Lipinski definition) is 5. The van der Waals surface area contributed by atoms with Crippen molar-refractivity contribution in [3.8, 4) is 0 Å². The van der Waals surface area contributed by atoms with E-state index in [1.807, 2.05) is 23.5 Å². The van der Waals surface area contributed by atoms with Gasteiger partial charge < -0.3 is 14.6 Å². The van der Waals surface area contributed by atoms with Gasteiger partial charge in [0.2, 0.25) is 0 Å². The summed E-state index contributed by atoms with van der Waals surface area (Å²) in [4.78, 5) is 0. The average Bonchev–Trinajstić information content (AvgIpc) is 2.37. The Morgan fingerprint density at radius 3 is 2.63 bits per heavy atom. The molecule has 1 N–H and O–H groups in total. The number of thioether (sulfide) groups is 2. The van der Waals surface area contributed by atoms with E-state index in [2.05, 4.69) is 13.5 Å². The minimum Gasteiger partial charge on any atom is -0.393 e. The third-order valence-corrected chi connectivity index (χ3v) is 6.48. The van der Waals surface area contributed by atoms with E-state index < -0.39 is 0 Å². The smallest absolute Gasteiger partial charge is 0.146 e. The van der Waals surface area contributed by atoms with Crippen molar-refractivity contribution in [2.24, 2.45) is 0 Å². The zero-order valence-electron chi connectivity index (χ0n) is 12.0. The number of aliphatic hydroxyl groups is 1. The summed E-state index contributed by atoms with van der Waals surface area (Å²) in [6.07, 6.45) is 5.30. The Bertz CT molecular complexity index is 255. The maximum Gasteiger partial charge on any atom is 0.146 e. The van der Waals surface area contributed by atoms with Crippen LogP contribution in [0.25, 0.3) is 0 Å². The molecule has 0 radical (unpaired) electrons. The summed E-state index contributed by atoms with van der Waals surface area (Å²) in [7, 11) is 1.64. The van der Waals surface area contributed by atoms with Crippen molar-refractivity contribution in [3.63, 3.8) is 0 Å². The quantitative estimate of drug-likeness (QED) is 0.523. The van der Waals surface area contributed by atoms with Crippen molar-refractivity contribution < 1.29 is 14.6 Å². The molecule has 112 valence electrons. The normalized spacial score (nSPS) is 21.8. The number of aliphatic hydroxyl groups excluding tert-OH is 1. The van der Waals surface area contributed by atoms with Gasteiger partial charge in [-0.05, 0) is 44.1 Å². The highest BCUT2D eigenvalue weighted by Crippen LogP contribution is 2.49. The van der Waals surface area contributed by atoms with Gasteiger partial charge in [-0.25, -0.2) is 0 Å². The van der Waals surface area contributed by atoms with E-state index in [1.165, 1.54) is 17.9 Å². The van der Waals surface area contributed by atoms with Crippen LogP contribution in [0.4, 0.5) is 0 Å². The summed E-state index contributed by atoms with van der Waals surface area (Å²) in [6, 6.07) is 0. The number of hydrogen-bond donors (Lipinski definition) is 1. The lowest BCUT2D eigenvalue weighted by atomic mass is 10.1. The van der Waals surface area contributed by atoms with Gasteiger partial charge in [0, 0.05) is 7.11 Å². The fourth-order valence-electron chi connectivity index (χ4n) is 2.25. The Balaban J connectivity index is 2.55. The van der Waals surface area contributed by atoms with Gasteiger partial charge >= 0.3 is 0 Å². The zero-order chi connectivity index (χ0) is 14.1. The van der Waals surface area contributed by atoms with Crippen LogP contribution in [0.15, 0.2) is 12.7 Å². The summed E-state index contributed by atoms with van der Waals surface area (Å²) in [6.45, 7) is 6.12. The van der Waals surface area contributed by atoms with Gasteiger partial charge in [0.05, 0.1) is 16.3 Å². The topological polar surface area (TPSA) is 38.7 Å². The summed E-state index contributed by atoms with van der Waals surface area (Å²) in [5.74, 6) is 2.34. The van der Waals surface area contributed by atoms with Crippen LogP contribution in [0.3, 0.4) is 0 Å². The Kier molecular flexibility index (Phi) is 8.50. The highest BCUT2D eigenvalue weighted by atomic mass is 32.2. The van der Waals surface area contributed by atoms with Crippen LogP contribution >= 0.6 is 23.5 Å². The van der Waals surface area contributed by atoms with E-state index in [-0.39, 0.29) is 16.3 Å². The standard InChI is InChI=1S/C14H26O3S2/c1-4-6-13(15)10-14(18-7-5-8-19-14)9-12(2)17-11-16-3/h4,12-13,15H,1,5-11H2,2-3H3/t12-,13+/m1/s1. The second-order valence-corrected chi connectivity index (χ2v) is 8.15. The van der Waals surface area contributed by atoms with E-state index in [0.29, 0.717) is 13.2 Å². The molecule has 0 saturated carbocycles. The molecule has 0 unspecified atom stereocenters. The van der Waals surface area contributed by atoms with Gasteiger partial charge in [-0.1, -0.05) is 6.08 Å². The fourth-order valence-corrected chi connectivity index (χ4v) is 5.91. The molecule has 0 aromatic carbocycles. The fraction of sp³-hybridized carbons (Fsp3) is 0.857. The second-order valence-electron chi connectivity index (χ2n) is 4.93. The molecule has 0 bridgehead atoms. The molecule has 0 aliphatic carbocycles. The lowest BCUT2D eigenvalue weighted by Crippen LogP contribution is -2.34. The molecule has 1 saturated heterocycles. The minimum absolute atomic E-state index is 0.0772. The maximum absolute atomic E-state index is 10.1. The lowest BCUT2D eigenvalue weighted by Gasteiger charge is -2.39. The second kappa shape index (κ2) is 9.29. The van der Waals surface area contributed by atoms with Crippen molar-refractivity contribution in [2.75, 3.05) is 25.4 Å². The third-order valence-electron chi connectivity index (χ3n) is 3.07. The van der Waals surface area contributed by atoms with Crippen LogP contribution in [0, 0.1) is 0 Å². The Labute approximate surface area is 125 Å². The molecular formula is C14H26O3S2. The van der Waals surface area contributed by atoms with Gasteiger partial charge in [-0.3, -0.25) is 0 Å². The first-order chi connectivity index (χ1) is 9.12. The Morgan fingerprint density at radius 2 is 2.05 bits per heavy atom. The predicted octanol–water partition coefficient (Wildman–Crippen LogP) is 3.28. The average molecular weight is 306 g/mol. The number of rotatable bonds is 9. The first-order valence-electron chi connectivity index (χ1n) is 6.79.